The fraction of sp³-hybridized carbons (Fsp3) is 0.0500. The predicted octanol–water partition coefficient (Wildman–Crippen LogP) is 3.69. The van der Waals surface area contributed by atoms with Crippen molar-refractivity contribution < 1.29 is 4.74 Å². The number of pyridine rings is 1. The van der Waals surface area contributed by atoms with Gasteiger partial charge in [0.15, 0.2) is 5.65 Å². The molecule has 0 aliphatic heterocycles. The number of hydrogen-bond acceptors (Lipinski definition) is 4. The summed E-state index contributed by atoms with van der Waals surface area (Å²) in [5.74, 6) is 0.620. The summed E-state index contributed by atoms with van der Waals surface area (Å²) in [4.78, 5) is 27.1. The van der Waals surface area contributed by atoms with Crippen LogP contribution in [0.1, 0.15) is 5.56 Å². The van der Waals surface area contributed by atoms with Crippen LogP contribution in [0, 0.1) is 6.92 Å². The van der Waals surface area contributed by atoms with Crippen LogP contribution in [0.15, 0.2) is 65.6 Å². The van der Waals surface area contributed by atoms with E-state index < -0.39 is 0 Å². The number of fused-ring (bicyclic) bond motifs is 2. The van der Waals surface area contributed by atoms with E-state index in [2.05, 4.69) is 19.9 Å². The number of benzene rings is 2. The van der Waals surface area contributed by atoms with Crippen molar-refractivity contribution in [3.63, 3.8) is 0 Å². The standard InChI is InChI=1S/C20H15N5O2/c1-12-10-11-21-18-17(12)24-20(26)25(18)13-6-8-14(9-7-13)27-19-22-15-4-2-3-5-16(15)23-19/h2-11H,1H3,(H,22,23)(H,24,26). The van der Waals surface area contributed by atoms with Crippen molar-refractivity contribution >= 4 is 22.2 Å². The van der Waals surface area contributed by atoms with E-state index in [-0.39, 0.29) is 5.69 Å². The van der Waals surface area contributed by atoms with Crippen LogP contribution in [-0.2, 0) is 0 Å². The summed E-state index contributed by atoms with van der Waals surface area (Å²) in [6, 6.07) is 17.2. The number of hydrogen-bond donors (Lipinski definition) is 2. The minimum Gasteiger partial charge on any atom is -0.426 e. The Hall–Kier alpha value is -3.87. The molecule has 0 aliphatic carbocycles. The number of H-pyrrole nitrogens is 2. The first-order chi connectivity index (χ1) is 13.2. The first kappa shape index (κ1) is 15.4. The zero-order valence-corrected chi connectivity index (χ0v) is 14.4. The largest absolute Gasteiger partial charge is 0.426 e. The molecule has 7 nitrogen and oxygen atoms in total. The molecule has 0 unspecified atom stereocenters. The average molecular weight is 357 g/mol. The SMILES string of the molecule is Cc1ccnc2c1[nH]c(=O)n2-c1ccc(Oc2nc3ccccc3[nH]2)cc1. The molecule has 2 N–H and O–H groups in total. The Morgan fingerprint density at radius 2 is 1.81 bits per heavy atom. The van der Waals surface area contributed by atoms with Gasteiger partial charge in [0, 0.05) is 6.20 Å². The van der Waals surface area contributed by atoms with E-state index in [1.165, 1.54) is 0 Å². The molecule has 0 bridgehead atoms. The zero-order valence-electron chi connectivity index (χ0n) is 14.4. The van der Waals surface area contributed by atoms with Crippen LogP contribution in [-0.4, -0.2) is 24.5 Å². The Labute approximate surface area is 153 Å². The van der Waals surface area contributed by atoms with E-state index in [1.54, 1.807) is 22.9 Å². The van der Waals surface area contributed by atoms with E-state index in [1.807, 2.05) is 49.4 Å². The van der Waals surface area contributed by atoms with Gasteiger partial charge in [0.25, 0.3) is 6.01 Å². The number of nitrogens with one attached hydrogen (secondary N) is 2. The minimum atomic E-state index is -0.224. The average Bonchev–Trinajstić information content (AvgIpc) is 3.23. The van der Waals surface area contributed by atoms with Gasteiger partial charge in [-0.2, -0.15) is 4.98 Å². The Balaban J connectivity index is 1.49. The molecular weight excluding hydrogens is 342 g/mol. The molecule has 0 saturated heterocycles. The highest BCUT2D eigenvalue weighted by molar-refractivity contribution is 5.76. The summed E-state index contributed by atoms with van der Waals surface area (Å²) < 4.78 is 7.34. The number of aromatic amines is 2. The molecule has 0 spiro atoms. The van der Waals surface area contributed by atoms with Crippen molar-refractivity contribution in [1.82, 2.24) is 24.5 Å². The molecule has 0 aliphatic rings. The van der Waals surface area contributed by atoms with Gasteiger partial charge in [-0.15, -0.1) is 0 Å². The van der Waals surface area contributed by atoms with Gasteiger partial charge in [0.05, 0.1) is 22.2 Å². The Kier molecular flexibility index (Phi) is 3.33. The van der Waals surface area contributed by atoms with Crippen LogP contribution in [0.25, 0.3) is 27.9 Å². The van der Waals surface area contributed by atoms with E-state index in [0.717, 1.165) is 22.1 Å². The van der Waals surface area contributed by atoms with Crippen molar-refractivity contribution in [3.8, 4) is 17.4 Å². The van der Waals surface area contributed by atoms with Gasteiger partial charge >= 0.3 is 5.69 Å². The number of imidazole rings is 2. The monoisotopic (exact) mass is 357 g/mol. The van der Waals surface area contributed by atoms with Gasteiger partial charge in [0.1, 0.15) is 5.75 Å². The third-order valence-electron chi connectivity index (χ3n) is 4.46. The predicted molar refractivity (Wildman–Crippen MR) is 103 cm³/mol. The Bertz CT molecular complexity index is 1300. The van der Waals surface area contributed by atoms with E-state index in [4.69, 9.17) is 4.74 Å². The normalized spacial score (nSPS) is 11.3. The summed E-state index contributed by atoms with van der Waals surface area (Å²) in [5.41, 5.74) is 4.56. The number of para-hydroxylation sites is 2. The van der Waals surface area contributed by atoms with Crippen LogP contribution >= 0.6 is 0 Å². The molecule has 0 atom stereocenters. The van der Waals surface area contributed by atoms with Crippen molar-refractivity contribution in [2.24, 2.45) is 0 Å². The molecule has 7 heteroatoms. The summed E-state index contributed by atoms with van der Waals surface area (Å²) in [7, 11) is 0. The van der Waals surface area contributed by atoms with Gasteiger partial charge in [0.2, 0.25) is 0 Å². The van der Waals surface area contributed by atoms with Crippen molar-refractivity contribution in [2.75, 3.05) is 0 Å². The fourth-order valence-electron chi connectivity index (χ4n) is 3.12. The lowest BCUT2D eigenvalue weighted by Crippen LogP contribution is -2.14. The lowest BCUT2D eigenvalue weighted by atomic mass is 10.2. The van der Waals surface area contributed by atoms with Gasteiger partial charge in [-0.25, -0.2) is 14.3 Å². The zero-order chi connectivity index (χ0) is 18.4. The molecule has 5 rings (SSSR count). The number of ether oxygens (including phenoxy) is 1. The van der Waals surface area contributed by atoms with Crippen molar-refractivity contribution in [3.05, 3.63) is 76.8 Å². The number of aryl methyl sites for hydroxylation is 1. The van der Waals surface area contributed by atoms with E-state index in [9.17, 15) is 4.79 Å². The highest BCUT2D eigenvalue weighted by Crippen LogP contribution is 2.23. The fourth-order valence-corrected chi connectivity index (χ4v) is 3.12. The Morgan fingerprint density at radius 1 is 1.00 bits per heavy atom. The topological polar surface area (TPSA) is 88.6 Å². The van der Waals surface area contributed by atoms with Crippen LogP contribution in [0.2, 0.25) is 0 Å². The summed E-state index contributed by atoms with van der Waals surface area (Å²) in [6.07, 6.45) is 1.69. The molecular formula is C20H15N5O2. The third-order valence-corrected chi connectivity index (χ3v) is 4.46. The van der Waals surface area contributed by atoms with Crippen molar-refractivity contribution in [2.45, 2.75) is 6.92 Å². The minimum absolute atomic E-state index is 0.224. The van der Waals surface area contributed by atoms with Gasteiger partial charge in [-0.1, -0.05) is 12.1 Å². The van der Waals surface area contributed by atoms with Gasteiger partial charge in [-0.05, 0) is 55.0 Å². The molecule has 0 radical (unpaired) electrons. The molecule has 3 heterocycles. The van der Waals surface area contributed by atoms with Gasteiger partial charge < -0.3 is 14.7 Å². The second kappa shape index (κ2) is 5.84. The number of aromatic nitrogens is 5. The second-order valence-electron chi connectivity index (χ2n) is 6.25. The summed E-state index contributed by atoms with van der Waals surface area (Å²) >= 11 is 0. The third kappa shape index (κ3) is 2.56. The van der Waals surface area contributed by atoms with Crippen LogP contribution in [0.4, 0.5) is 0 Å². The smallest absolute Gasteiger partial charge is 0.332 e. The van der Waals surface area contributed by atoms with Crippen LogP contribution < -0.4 is 10.4 Å². The first-order valence-electron chi connectivity index (χ1n) is 8.48. The second-order valence-corrected chi connectivity index (χ2v) is 6.25. The number of rotatable bonds is 3. The maximum atomic E-state index is 12.4. The lowest BCUT2D eigenvalue weighted by Gasteiger charge is -2.05. The highest BCUT2D eigenvalue weighted by atomic mass is 16.5. The van der Waals surface area contributed by atoms with Crippen LogP contribution in [0.3, 0.4) is 0 Å². The molecule has 27 heavy (non-hydrogen) atoms. The summed E-state index contributed by atoms with van der Waals surface area (Å²) in [6.45, 7) is 1.94. The quantitative estimate of drug-likeness (QED) is 0.515. The molecule has 5 aromatic rings. The van der Waals surface area contributed by atoms with Gasteiger partial charge in [-0.3, -0.25) is 0 Å². The lowest BCUT2D eigenvalue weighted by molar-refractivity contribution is 0.449. The first-order valence-corrected chi connectivity index (χ1v) is 8.48. The molecule has 3 aromatic heterocycles. The van der Waals surface area contributed by atoms with Crippen LogP contribution in [0.5, 0.6) is 11.8 Å². The molecule has 0 fully saturated rings. The highest BCUT2D eigenvalue weighted by Gasteiger charge is 2.12. The van der Waals surface area contributed by atoms with Crippen molar-refractivity contribution in [1.29, 1.82) is 0 Å². The molecule has 0 saturated carbocycles. The number of nitrogens with zero attached hydrogens (tertiary/aromatic N) is 3. The van der Waals surface area contributed by atoms with E-state index >= 15 is 0 Å². The van der Waals surface area contributed by atoms with E-state index in [0.29, 0.717) is 23.1 Å². The maximum absolute atomic E-state index is 12.4. The molecule has 2 aromatic carbocycles. The Morgan fingerprint density at radius 3 is 2.63 bits per heavy atom. The molecule has 132 valence electrons. The summed E-state index contributed by atoms with van der Waals surface area (Å²) in [5, 5.41) is 0. The molecule has 0 amide bonds. The maximum Gasteiger partial charge on any atom is 0.332 e.